The number of nitrogens with zero attached hydrogens (tertiary/aromatic N) is 3. The lowest BCUT2D eigenvalue weighted by Gasteiger charge is -2.21. The molecule has 0 radical (unpaired) electrons. The third-order valence-corrected chi connectivity index (χ3v) is 7.52. The maximum absolute atomic E-state index is 13.7. The van der Waals surface area contributed by atoms with Gasteiger partial charge in [0.05, 0.1) is 36.0 Å². The van der Waals surface area contributed by atoms with Gasteiger partial charge >= 0.3 is 0 Å². The van der Waals surface area contributed by atoms with Crippen molar-refractivity contribution in [3.8, 4) is 5.75 Å². The summed E-state index contributed by atoms with van der Waals surface area (Å²) in [6.07, 6.45) is 5.84. The molecule has 3 aromatic rings. The van der Waals surface area contributed by atoms with E-state index < -0.39 is 0 Å². The lowest BCUT2D eigenvalue weighted by molar-refractivity contribution is 0.0642. The Balaban J connectivity index is 1.46. The Kier molecular flexibility index (Phi) is 6.21. The summed E-state index contributed by atoms with van der Waals surface area (Å²) in [5.74, 6) is -0.527. The number of fused-ring (bicyclic) bond motifs is 2. The predicted octanol–water partition coefficient (Wildman–Crippen LogP) is 4.66. The second-order valence-corrected chi connectivity index (χ2v) is 9.62. The van der Waals surface area contributed by atoms with Crippen molar-refractivity contribution >= 4 is 34.2 Å². The molecular weight excluding hydrogens is 462 g/mol. The van der Waals surface area contributed by atoms with E-state index >= 15 is 0 Å². The topological polar surface area (TPSA) is 79.8 Å². The number of ether oxygens (including phenoxy) is 1. The zero-order valence-corrected chi connectivity index (χ0v) is 20.3. The van der Waals surface area contributed by atoms with E-state index in [0.717, 1.165) is 31.4 Å². The van der Waals surface area contributed by atoms with Gasteiger partial charge in [-0.05, 0) is 55.5 Å². The first-order valence-electron chi connectivity index (χ1n) is 11.5. The molecule has 1 aliphatic heterocycles. The largest absolute Gasteiger partial charge is 0.496 e. The number of aryl methyl sites for hydroxylation is 2. The van der Waals surface area contributed by atoms with Crippen LogP contribution < -0.4 is 9.64 Å². The lowest BCUT2D eigenvalue weighted by atomic mass is 10.0. The van der Waals surface area contributed by atoms with Gasteiger partial charge in [0, 0.05) is 11.4 Å². The molecule has 8 heteroatoms. The van der Waals surface area contributed by atoms with Gasteiger partial charge in [0.25, 0.3) is 17.7 Å². The standard InChI is InChI=1S/C27H25N3O4S/c1-3-14-29(27-28-21-10-6-7-11-23(21)35-27)26(33)20-15-17(12-13-22(20)34-2)16-30-24(31)18-8-4-5-9-19(18)25(30)32/h3-5,8-9,12-13,15H,1,6-7,10-11,14,16H2,2H3. The average Bonchev–Trinajstić information content (AvgIpc) is 3.42. The van der Waals surface area contributed by atoms with Crippen molar-refractivity contribution in [2.75, 3.05) is 18.6 Å². The van der Waals surface area contributed by atoms with Crippen molar-refractivity contribution in [1.29, 1.82) is 0 Å². The summed E-state index contributed by atoms with van der Waals surface area (Å²) in [7, 11) is 1.51. The molecule has 178 valence electrons. The van der Waals surface area contributed by atoms with Crippen LogP contribution in [0.3, 0.4) is 0 Å². The third kappa shape index (κ3) is 4.14. The summed E-state index contributed by atoms with van der Waals surface area (Å²) in [5.41, 5.74) is 2.86. The minimum Gasteiger partial charge on any atom is -0.496 e. The fourth-order valence-electron chi connectivity index (χ4n) is 4.56. The van der Waals surface area contributed by atoms with Gasteiger partial charge in [0.15, 0.2) is 5.13 Å². The molecule has 0 saturated heterocycles. The number of amides is 3. The molecule has 0 N–H and O–H groups in total. The maximum atomic E-state index is 13.7. The van der Waals surface area contributed by atoms with Crippen LogP contribution in [-0.4, -0.2) is 41.3 Å². The van der Waals surface area contributed by atoms with Crippen LogP contribution in [0.5, 0.6) is 5.75 Å². The van der Waals surface area contributed by atoms with Gasteiger partial charge in [0.2, 0.25) is 0 Å². The van der Waals surface area contributed by atoms with E-state index in [9.17, 15) is 14.4 Å². The van der Waals surface area contributed by atoms with E-state index in [1.165, 1.54) is 16.9 Å². The number of carbonyl (C=O) groups excluding carboxylic acids is 3. The summed E-state index contributed by atoms with van der Waals surface area (Å²) < 4.78 is 5.49. The molecule has 2 aliphatic rings. The minimum absolute atomic E-state index is 0.0592. The summed E-state index contributed by atoms with van der Waals surface area (Å²) in [6.45, 7) is 4.18. The number of hydrogen-bond donors (Lipinski definition) is 0. The number of hydrogen-bond acceptors (Lipinski definition) is 6. The number of benzene rings is 2. The van der Waals surface area contributed by atoms with Gasteiger partial charge in [-0.3, -0.25) is 24.2 Å². The third-order valence-electron chi connectivity index (χ3n) is 6.34. The van der Waals surface area contributed by atoms with Gasteiger partial charge < -0.3 is 4.74 Å². The van der Waals surface area contributed by atoms with Crippen LogP contribution >= 0.6 is 11.3 Å². The highest BCUT2D eigenvalue weighted by molar-refractivity contribution is 7.16. The second-order valence-electron chi connectivity index (χ2n) is 8.55. The molecule has 1 aliphatic carbocycles. The molecule has 1 aromatic heterocycles. The van der Waals surface area contributed by atoms with Crippen LogP contribution in [0.25, 0.3) is 0 Å². The maximum Gasteiger partial charge on any atom is 0.264 e. The monoisotopic (exact) mass is 487 g/mol. The van der Waals surface area contributed by atoms with E-state index in [2.05, 4.69) is 6.58 Å². The molecule has 0 spiro atoms. The molecule has 0 atom stereocenters. The van der Waals surface area contributed by atoms with Gasteiger partial charge in [-0.2, -0.15) is 0 Å². The number of imide groups is 1. The molecule has 2 aromatic carbocycles. The Morgan fingerprint density at radius 3 is 2.51 bits per heavy atom. The number of anilines is 1. The molecule has 35 heavy (non-hydrogen) atoms. The first-order valence-corrected chi connectivity index (χ1v) is 12.4. The second kappa shape index (κ2) is 9.46. The van der Waals surface area contributed by atoms with Gasteiger partial charge in [-0.1, -0.05) is 24.3 Å². The number of thiazole rings is 1. The summed E-state index contributed by atoms with van der Waals surface area (Å²) >= 11 is 1.55. The van der Waals surface area contributed by atoms with Crippen LogP contribution in [0.2, 0.25) is 0 Å². The van der Waals surface area contributed by atoms with Gasteiger partial charge in [0.1, 0.15) is 5.75 Å². The molecule has 0 unspecified atom stereocenters. The van der Waals surface area contributed by atoms with Crippen LogP contribution in [0.1, 0.15) is 60.1 Å². The van der Waals surface area contributed by atoms with Crippen LogP contribution in [-0.2, 0) is 19.4 Å². The minimum atomic E-state index is -0.337. The SMILES string of the molecule is C=CCN(C(=O)c1cc(CN2C(=O)c3ccccc3C2=O)ccc1OC)c1nc2c(s1)CCCC2. The molecule has 0 saturated carbocycles. The van der Waals surface area contributed by atoms with E-state index in [1.807, 2.05) is 0 Å². The summed E-state index contributed by atoms with van der Waals surface area (Å²) in [6, 6.07) is 11.9. The molecular formula is C27H25N3O4S. The highest BCUT2D eigenvalue weighted by atomic mass is 32.1. The Labute approximate surface area is 207 Å². The van der Waals surface area contributed by atoms with Crippen LogP contribution in [0, 0.1) is 0 Å². The molecule has 0 fully saturated rings. The van der Waals surface area contributed by atoms with Crippen molar-refractivity contribution in [2.24, 2.45) is 0 Å². The number of rotatable bonds is 7. The zero-order chi connectivity index (χ0) is 24.5. The quantitative estimate of drug-likeness (QED) is 0.358. The highest BCUT2D eigenvalue weighted by Crippen LogP contribution is 2.34. The Hall–Kier alpha value is -3.78. The Bertz CT molecular complexity index is 1290. The molecule has 2 heterocycles. The van der Waals surface area contributed by atoms with Crippen molar-refractivity contribution in [3.05, 3.63) is 87.9 Å². The normalized spacial score (nSPS) is 14.5. The van der Waals surface area contributed by atoms with Crippen molar-refractivity contribution in [3.63, 3.8) is 0 Å². The van der Waals surface area contributed by atoms with Crippen molar-refractivity contribution in [2.45, 2.75) is 32.2 Å². The highest BCUT2D eigenvalue weighted by Gasteiger charge is 2.35. The number of methoxy groups -OCH3 is 1. The van der Waals surface area contributed by atoms with Crippen molar-refractivity contribution < 1.29 is 19.1 Å². The number of aromatic nitrogens is 1. The Morgan fingerprint density at radius 1 is 1.14 bits per heavy atom. The number of carbonyl (C=O) groups is 3. The van der Waals surface area contributed by atoms with Crippen LogP contribution in [0.15, 0.2) is 55.1 Å². The fourth-order valence-corrected chi connectivity index (χ4v) is 5.72. The molecule has 7 nitrogen and oxygen atoms in total. The molecule has 3 amide bonds. The van der Waals surface area contributed by atoms with E-state index in [0.29, 0.717) is 39.7 Å². The summed E-state index contributed by atoms with van der Waals surface area (Å²) in [4.78, 5) is 48.2. The smallest absolute Gasteiger partial charge is 0.264 e. The van der Waals surface area contributed by atoms with E-state index in [4.69, 9.17) is 9.72 Å². The lowest BCUT2D eigenvalue weighted by Crippen LogP contribution is -2.32. The van der Waals surface area contributed by atoms with Crippen molar-refractivity contribution in [1.82, 2.24) is 9.88 Å². The average molecular weight is 488 g/mol. The first-order chi connectivity index (χ1) is 17.0. The zero-order valence-electron chi connectivity index (χ0n) is 19.5. The summed E-state index contributed by atoms with van der Waals surface area (Å²) in [5, 5.41) is 0.648. The van der Waals surface area contributed by atoms with E-state index in [1.54, 1.807) is 64.8 Å². The van der Waals surface area contributed by atoms with Crippen LogP contribution in [0.4, 0.5) is 5.13 Å². The fraction of sp³-hybridized carbons (Fsp3) is 0.259. The first kappa shape index (κ1) is 23.0. The Morgan fingerprint density at radius 2 is 1.86 bits per heavy atom. The van der Waals surface area contributed by atoms with Gasteiger partial charge in [-0.15, -0.1) is 17.9 Å². The predicted molar refractivity (Wildman–Crippen MR) is 134 cm³/mol. The van der Waals surface area contributed by atoms with Gasteiger partial charge in [-0.25, -0.2) is 4.98 Å². The van der Waals surface area contributed by atoms with E-state index in [-0.39, 0.29) is 24.3 Å². The molecule has 5 rings (SSSR count). The molecule has 0 bridgehead atoms.